The molecule has 0 unspecified atom stereocenters. The van der Waals surface area contributed by atoms with Crippen LogP contribution < -0.4 is 5.11 Å². The Morgan fingerprint density at radius 1 is 1.38 bits per heavy atom. The van der Waals surface area contributed by atoms with Gasteiger partial charge in [0.15, 0.2) is 12.0 Å². The highest BCUT2D eigenvalue weighted by Crippen LogP contribution is 2.33. The van der Waals surface area contributed by atoms with Crippen LogP contribution in [0.5, 0.6) is 5.75 Å². The third-order valence-electron chi connectivity index (χ3n) is 1.86. The third-order valence-corrected chi connectivity index (χ3v) is 2.73. The van der Waals surface area contributed by atoms with Crippen molar-refractivity contribution in [1.82, 2.24) is 9.97 Å². The molecule has 3 heterocycles. The topological polar surface area (TPSA) is 62.0 Å². The maximum atomic E-state index is 11.4. The number of aromatic nitrogens is 2. The summed E-state index contributed by atoms with van der Waals surface area (Å²) in [5.74, 6) is -0.0464. The van der Waals surface area contributed by atoms with Gasteiger partial charge in [-0.3, -0.25) is 0 Å². The Morgan fingerprint density at radius 2 is 2.31 bits per heavy atom. The normalized spacial score (nSPS) is 11.4. The third kappa shape index (κ3) is 0.790. The molecule has 0 bridgehead atoms. The van der Waals surface area contributed by atoms with Crippen molar-refractivity contribution in [2.45, 2.75) is 0 Å². The lowest BCUT2D eigenvalue weighted by molar-refractivity contribution is -0.265. The zero-order chi connectivity index (χ0) is 8.84. The van der Waals surface area contributed by atoms with Crippen LogP contribution in [0.2, 0.25) is 0 Å². The Labute approximate surface area is 76.5 Å². The van der Waals surface area contributed by atoms with Crippen LogP contribution in [0.4, 0.5) is 0 Å². The van der Waals surface area contributed by atoms with Crippen LogP contribution in [0.25, 0.3) is 21.3 Å². The van der Waals surface area contributed by atoms with Gasteiger partial charge in [0.2, 0.25) is 0 Å². The Kier molecular flexibility index (Phi) is 1.16. The molecule has 4 nitrogen and oxygen atoms in total. The molecule has 0 fully saturated rings. The number of rotatable bonds is 0. The fraction of sp³-hybridized carbons (Fsp3) is 0. The molecule has 0 saturated carbocycles. The zero-order valence-corrected chi connectivity index (χ0v) is 7.17. The van der Waals surface area contributed by atoms with Crippen molar-refractivity contribution in [1.29, 1.82) is 0 Å². The minimum absolute atomic E-state index is 0.0464. The van der Waals surface area contributed by atoms with E-state index in [1.165, 1.54) is 23.1 Å². The van der Waals surface area contributed by atoms with Crippen LogP contribution in [0.3, 0.4) is 0 Å². The van der Waals surface area contributed by atoms with E-state index in [1.54, 1.807) is 6.20 Å². The zero-order valence-electron chi connectivity index (χ0n) is 6.35. The molecule has 3 aromatic heterocycles. The number of fused-ring (bicyclic) bond motifs is 3. The average Bonchev–Trinajstić information content (AvgIpc) is 2.70. The molecular formula is C8H3N2O2S-. The Bertz CT molecular complexity index is 584. The molecule has 0 N–H and O–H groups in total. The molecule has 3 aromatic rings. The van der Waals surface area contributed by atoms with E-state index in [0.29, 0.717) is 21.3 Å². The molecule has 3 rings (SSSR count). The highest BCUT2D eigenvalue weighted by Gasteiger charge is 2.07. The predicted octanol–water partition coefficient (Wildman–Crippen LogP) is 1.51. The van der Waals surface area contributed by atoms with Crippen LogP contribution in [0.1, 0.15) is 0 Å². The first kappa shape index (κ1) is 6.85. The molecule has 0 aliphatic rings. The van der Waals surface area contributed by atoms with Gasteiger partial charge in [0.25, 0.3) is 0 Å². The Morgan fingerprint density at radius 3 is 3.23 bits per heavy atom. The van der Waals surface area contributed by atoms with E-state index in [-0.39, 0.29) is 5.75 Å². The lowest BCUT2D eigenvalue weighted by atomic mass is 10.3. The lowest BCUT2D eigenvalue weighted by Gasteiger charge is -1.99. The molecule has 0 aromatic carbocycles. The first-order chi connectivity index (χ1) is 6.36. The van der Waals surface area contributed by atoms with E-state index in [1.807, 2.05) is 0 Å². The average molecular weight is 191 g/mol. The van der Waals surface area contributed by atoms with Crippen molar-refractivity contribution in [3.63, 3.8) is 0 Å². The first-order valence-corrected chi connectivity index (χ1v) is 4.50. The summed E-state index contributed by atoms with van der Waals surface area (Å²) in [6, 6.07) is 0. The highest BCUT2D eigenvalue weighted by molar-refractivity contribution is 7.17. The molecule has 0 amide bonds. The smallest absolute Gasteiger partial charge is 0.182 e. The first-order valence-electron chi connectivity index (χ1n) is 3.62. The van der Waals surface area contributed by atoms with Crippen LogP contribution in [-0.2, 0) is 0 Å². The second kappa shape index (κ2) is 2.20. The monoisotopic (exact) mass is 191 g/mol. The molecule has 13 heavy (non-hydrogen) atoms. The maximum Gasteiger partial charge on any atom is 0.182 e. The highest BCUT2D eigenvalue weighted by atomic mass is 32.1. The molecule has 0 aliphatic heterocycles. The van der Waals surface area contributed by atoms with Gasteiger partial charge in [0.1, 0.15) is 10.3 Å². The Balaban J connectivity index is 2.70. The minimum atomic E-state index is -0.0464. The SMILES string of the molecule is [O-]c1csc2ncc3ncoc3c12. The summed E-state index contributed by atoms with van der Waals surface area (Å²) in [5, 5.41) is 13.4. The van der Waals surface area contributed by atoms with Crippen LogP contribution in [0.15, 0.2) is 22.4 Å². The largest absolute Gasteiger partial charge is 0.871 e. The number of oxazole rings is 1. The summed E-state index contributed by atoms with van der Waals surface area (Å²) < 4.78 is 5.13. The summed E-state index contributed by atoms with van der Waals surface area (Å²) in [7, 11) is 0. The molecule has 5 heteroatoms. The summed E-state index contributed by atoms with van der Waals surface area (Å²) in [5.41, 5.74) is 1.17. The minimum Gasteiger partial charge on any atom is -0.871 e. The second-order valence-electron chi connectivity index (χ2n) is 2.61. The number of thiophene rings is 1. The van der Waals surface area contributed by atoms with E-state index in [4.69, 9.17) is 4.42 Å². The Hall–Kier alpha value is -1.62. The maximum absolute atomic E-state index is 11.4. The summed E-state index contributed by atoms with van der Waals surface area (Å²) in [6.07, 6.45) is 2.93. The van der Waals surface area contributed by atoms with Crippen LogP contribution in [-0.4, -0.2) is 9.97 Å². The van der Waals surface area contributed by atoms with Crippen molar-refractivity contribution in [3.8, 4) is 5.75 Å². The molecular weight excluding hydrogens is 188 g/mol. The van der Waals surface area contributed by atoms with Crippen molar-refractivity contribution in [2.75, 3.05) is 0 Å². The molecule has 0 spiro atoms. The number of pyridine rings is 1. The van der Waals surface area contributed by atoms with Crippen LogP contribution in [0, 0.1) is 0 Å². The van der Waals surface area contributed by atoms with E-state index >= 15 is 0 Å². The van der Waals surface area contributed by atoms with Gasteiger partial charge in [-0.15, -0.1) is 11.3 Å². The van der Waals surface area contributed by atoms with E-state index in [9.17, 15) is 5.11 Å². The predicted molar refractivity (Wildman–Crippen MR) is 46.6 cm³/mol. The van der Waals surface area contributed by atoms with Crippen LogP contribution >= 0.6 is 11.3 Å². The van der Waals surface area contributed by atoms with Gasteiger partial charge in [-0.25, -0.2) is 9.97 Å². The van der Waals surface area contributed by atoms with E-state index in [0.717, 1.165) is 0 Å². The standard InChI is InChI=1S/C8H4N2O2S/c11-5-2-13-8-6(5)7-4(1-9-8)10-3-12-7/h1-3,11H/p-1. The van der Waals surface area contributed by atoms with Gasteiger partial charge in [-0.1, -0.05) is 5.75 Å². The summed E-state index contributed by atoms with van der Waals surface area (Å²) in [6.45, 7) is 0. The van der Waals surface area contributed by atoms with Crippen molar-refractivity contribution < 1.29 is 9.52 Å². The van der Waals surface area contributed by atoms with Gasteiger partial charge in [-0.05, 0) is 5.38 Å². The van der Waals surface area contributed by atoms with Crippen molar-refractivity contribution in [3.05, 3.63) is 18.0 Å². The number of hydrogen-bond donors (Lipinski definition) is 0. The van der Waals surface area contributed by atoms with E-state index in [2.05, 4.69) is 9.97 Å². The second-order valence-corrected chi connectivity index (χ2v) is 3.46. The molecule has 0 aliphatic carbocycles. The lowest BCUT2D eigenvalue weighted by Crippen LogP contribution is -1.86. The quantitative estimate of drug-likeness (QED) is 0.540. The fourth-order valence-corrected chi connectivity index (χ4v) is 2.05. The molecule has 0 saturated heterocycles. The van der Waals surface area contributed by atoms with Crippen molar-refractivity contribution >= 4 is 32.7 Å². The van der Waals surface area contributed by atoms with Gasteiger partial charge in [0, 0.05) is 5.39 Å². The number of nitrogens with zero attached hydrogens (tertiary/aromatic N) is 2. The fourth-order valence-electron chi connectivity index (χ4n) is 1.29. The summed E-state index contributed by atoms with van der Waals surface area (Å²) >= 11 is 1.32. The summed E-state index contributed by atoms with van der Waals surface area (Å²) in [4.78, 5) is 8.73. The van der Waals surface area contributed by atoms with Gasteiger partial charge < -0.3 is 9.52 Å². The van der Waals surface area contributed by atoms with Crippen molar-refractivity contribution in [2.24, 2.45) is 0 Å². The van der Waals surface area contributed by atoms with Gasteiger partial charge >= 0.3 is 0 Å². The van der Waals surface area contributed by atoms with Gasteiger partial charge in [0.05, 0.1) is 6.20 Å². The molecule has 0 atom stereocenters. The number of hydrogen-bond acceptors (Lipinski definition) is 5. The van der Waals surface area contributed by atoms with E-state index < -0.39 is 0 Å². The van der Waals surface area contributed by atoms with Gasteiger partial charge in [-0.2, -0.15) is 0 Å². The molecule has 64 valence electrons. The molecule has 0 radical (unpaired) electrons.